The first kappa shape index (κ1) is 10.7. The Morgan fingerprint density at radius 3 is 1.82 bits per heavy atom. The highest BCUT2D eigenvalue weighted by molar-refractivity contribution is 4.62. The fraction of sp³-hybridized carbons (Fsp3) is 1.00. The summed E-state index contributed by atoms with van der Waals surface area (Å²) < 4.78 is 57.8. The van der Waals surface area contributed by atoms with Crippen LogP contribution >= 0.6 is 0 Å². The summed E-state index contributed by atoms with van der Waals surface area (Å²) in [7, 11) is 0. The van der Waals surface area contributed by atoms with Crippen LogP contribution in [0.4, 0.5) is 22.0 Å². The van der Waals surface area contributed by atoms with Crippen LogP contribution in [-0.4, -0.2) is 12.6 Å². The van der Waals surface area contributed by atoms with Gasteiger partial charge in [0.05, 0.1) is 5.92 Å². The van der Waals surface area contributed by atoms with Gasteiger partial charge in [0.15, 0.2) is 0 Å². The van der Waals surface area contributed by atoms with Gasteiger partial charge in [-0.25, -0.2) is 8.78 Å². The highest BCUT2D eigenvalue weighted by Crippen LogP contribution is 2.29. The van der Waals surface area contributed by atoms with Crippen LogP contribution in [0.1, 0.15) is 19.8 Å². The molecule has 0 aromatic heterocycles. The van der Waals surface area contributed by atoms with Gasteiger partial charge in [-0.2, -0.15) is 13.2 Å². The fourth-order valence-corrected chi connectivity index (χ4v) is 0.540. The topological polar surface area (TPSA) is 0 Å². The molecule has 0 aliphatic carbocycles. The fourth-order valence-electron chi connectivity index (χ4n) is 0.540. The summed E-state index contributed by atoms with van der Waals surface area (Å²) in [4.78, 5) is 0. The van der Waals surface area contributed by atoms with Crippen molar-refractivity contribution in [2.75, 3.05) is 0 Å². The maximum atomic E-state index is 11.7. The lowest BCUT2D eigenvalue weighted by Gasteiger charge is -2.14. The minimum Gasteiger partial charge on any atom is -0.211 e. The van der Waals surface area contributed by atoms with Crippen molar-refractivity contribution in [3.05, 3.63) is 0 Å². The average molecular weight is 176 g/mol. The van der Waals surface area contributed by atoms with Gasteiger partial charge < -0.3 is 0 Å². The van der Waals surface area contributed by atoms with Crippen molar-refractivity contribution < 1.29 is 22.0 Å². The number of hydrogen-bond donors (Lipinski definition) is 0. The van der Waals surface area contributed by atoms with E-state index in [0.717, 1.165) is 6.92 Å². The number of rotatable bonds is 3. The Kier molecular flexibility index (Phi) is 3.75. The van der Waals surface area contributed by atoms with Gasteiger partial charge >= 0.3 is 6.18 Å². The van der Waals surface area contributed by atoms with Crippen molar-refractivity contribution in [2.24, 2.45) is 5.92 Å². The number of alkyl halides is 5. The van der Waals surface area contributed by atoms with Gasteiger partial charge in [-0.3, -0.25) is 0 Å². The molecule has 0 fully saturated rings. The zero-order valence-electron chi connectivity index (χ0n) is 5.96. The molecule has 0 aromatic rings. The van der Waals surface area contributed by atoms with Crippen molar-refractivity contribution in [1.82, 2.24) is 0 Å². The molecule has 0 bridgehead atoms. The minimum atomic E-state index is -4.34. The highest BCUT2D eigenvalue weighted by Gasteiger charge is 2.35. The SMILES string of the molecule is C[C@H](CCC(F)F)C(F)(F)F. The van der Waals surface area contributed by atoms with Gasteiger partial charge in [0.25, 0.3) is 0 Å². The first-order valence-corrected chi connectivity index (χ1v) is 3.19. The van der Waals surface area contributed by atoms with E-state index in [1.807, 2.05) is 0 Å². The summed E-state index contributed by atoms with van der Waals surface area (Å²) in [6.07, 6.45) is -8.16. The molecule has 0 spiro atoms. The predicted octanol–water partition coefficient (Wildman–Crippen LogP) is 3.23. The molecule has 0 unspecified atom stereocenters. The second-order valence-corrected chi connectivity index (χ2v) is 2.41. The third-order valence-corrected chi connectivity index (χ3v) is 1.38. The number of hydrogen-bond acceptors (Lipinski definition) is 0. The summed E-state index contributed by atoms with van der Waals surface area (Å²) in [6.45, 7) is 0.905. The molecular formula is C6H9F5. The van der Waals surface area contributed by atoms with Gasteiger partial charge in [0.2, 0.25) is 6.43 Å². The molecular weight excluding hydrogens is 167 g/mol. The maximum Gasteiger partial charge on any atom is 0.391 e. The van der Waals surface area contributed by atoms with Crippen molar-refractivity contribution in [3.63, 3.8) is 0 Å². The van der Waals surface area contributed by atoms with Crippen molar-refractivity contribution >= 4 is 0 Å². The molecule has 0 saturated carbocycles. The molecule has 0 aliphatic heterocycles. The lowest BCUT2D eigenvalue weighted by molar-refractivity contribution is -0.172. The normalized spacial score (nSPS) is 15.5. The summed E-state index contributed by atoms with van der Waals surface area (Å²) in [5.41, 5.74) is 0. The standard InChI is InChI=1S/C6H9F5/c1-4(6(9,10)11)2-3-5(7)8/h4-5H,2-3H2,1H3/t4-/m1/s1. The lowest BCUT2D eigenvalue weighted by Crippen LogP contribution is -2.20. The zero-order chi connectivity index (χ0) is 9.07. The Labute approximate surface area is 61.4 Å². The van der Waals surface area contributed by atoms with Crippen LogP contribution in [0.2, 0.25) is 0 Å². The molecule has 0 aromatic carbocycles. The smallest absolute Gasteiger partial charge is 0.211 e. The predicted molar refractivity (Wildman–Crippen MR) is 30.5 cm³/mol. The molecule has 0 rings (SSSR count). The van der Waals surface area contributed by atoms with Gasteiger partial charge in [-0.1, -0.05) is 6.92 Å². The summed E-state index contributed by atoms with van der Waals surface area (Å²) >= 11 is 0. The van der Waals surface area contributed by atoms with E-state index in [-0.39, 0.29) is 0 Å². The Balaban J connectivity index is 3.61. The van der Waals surface area contributed by atoms with Crippen LogP contribution in [0.15, 0.2) is 0 Å². The van der Waals surface area contributed by atoms with E-state index in [1.165, 1.54) is 0 Å². The third-order valence-electron chi connectivity index (χ3n) is 1.38. The molecule has 68 valence electrons. The molecule has 1 atom stereocenters. The minimum absolute atomic E-state index is 0.499. The van der Waals surface area contributed by atoms with Gasteiger partial charge in [0.1, 0.15) is 0 Å². The van der Waals surface area contributed by atoms with Gasteiger partial charge in [0, 0.05) is 6.42 Å². The number of halogens is 5. The first-order chi connectivity index (χ1) is 4.84. The molecule has 0 amide bonds. The van der Waals surface area contributed by atoms with Crippen LogP contribution in [-0.2, 0) is 0 Å². The monoisotopic (exact) mass is 176 g/mol. The van der Waals surface area contributed by atoms with Crippen LogP contribution in [0, 0.1) is 5.92 Å². The zero-order valence-corrected chi connectivity index (χ0v) is 5.96. The molecule has 0 radical (unpaired) electrons. The van der Waals surface area contributed by atoms with E-state index >= 15 is 0 Å². The van der Waals surface area contributed by atoms with E-state index in [1.54, 1.807) is 0 Å². The van der Waals surface area contributed by atoms with E-state index in [4.69, 9.17) is 0 Å². The molecule has 0 N–H and O–H groups in total. The highest BCUT2D eigenvalue weighted by atomic mass is 19.4. The van der Waals surface area contributed by atoms with Crippen LogP contribution in [0.5, 0.6) is 0 Å². The lowest BCUT2D eigenvalue weighted by atomic mass is 10.1. The van der Waals surface area contributed by atoms with E-state index < -0.39 is 31.4 Å². The van der Waals surface area contributed by atoms with Crippen LogP contribution in [0.3, 0.4) is 0 Å². The Bertz CT molecular complexity index is 106. The quantitative estimate of drug-likeness (QED) is 0.579. The van der Waals surface area contributed by atoms with Crippen LogP contribution in [0.25, 0.3) is 0 Å². The molecule has 11 heavy (non-hydrogen) atoms. The second kappa shape index (κ2) is 3.88. The third kappa shape index (κ3) is 4.98. The van der Waals surface area contributed by atoms with E-state index in [2.05, 4.69) is 0 Å². The van der Waals surface area contributed by atoms with E-state index in [0.29, 0.717) is 0 Å². The van der Waals surface area contributed by atoms with Crippen molar-refractivity contribution in [1.29, 1.82) is 0 Å². The Hall–Kier alpha value is -0.350. The van der Waals surface area contributed by atoms with Gasteiger partial charge in [-0.05, 0) is 6.42 Å². The Morgan fingerprint density at radius 1 is 1.09 bits per heavy atom. The molecule has 5 heteroatoms. The molecule has 0 saturated heterocycles. The maximum absolute atomic E-state index is 11.7. The second-order valence-electron chi connectivity index (χ2n) is 2.41. The largest absolute Gasteiger partial charge is 0.391 e. The molecule has 0 heterocycles. The average Bonchev–Trinajstić information content (AvgIpc) is 1.80. The van der Waals surface area contributed by atoms with Crippen LogP contribution < -0.4 is 0 Å². The van der Waals surface area contributed by atoms with E-state index in [9.17, 15) is 22.0 Å². The van der Waals surface area contributed by atoms with Crippen molar-refractivity contribution in [2.45, 2.75) is 32.4 Å². The van der Waals surface area contributed by atoms with Crippen molar-refractivity contribution in [3.8, 4) is 0 Å². The summed E-state index contributed by atoms with van der Waals surface area (Å²) in [5, 5.41) is 0. The summed E-state index contributed by atoms with van der Waals surface area (Å²) in [6, 6.07) is 0. The van der Waals surface area contributed by atoms with Gasteiger partial charge in [-0.15, -0.1) is 0 Å². The Morgan fingerprint density at radius 2 is 1.55 bits per heavy atom. The molecule has 0 nitrogen and oxygen atoms in total. The molecule has 0 aliphatic rings. The first-order valence-electron chi connectivity index (χ1n) is 3.19. The summed E-state index contributed by atoms with van der Waals surface area (Å²) in [5.74, 6) is -1.63.